The third-order valence-electron chi connectivity index (χ3n) is 3.05. The number of hydrogen-bond acceptors (Lipinski definition) is 3. The van der Waals surface area contributed by atoms with Crippen molar-refractivity contribution in [3.8, 4) is 0 Å². The van der Waals surface area contributed by atoms with Crippen molar-refractivity contribution in [2.45, 2.75) is 33.4 Å². The van der Waals surface area contributed by atoms with Gasteiger partial charge in [-0.3, -0.25) is 10.1 Å². The van der Waals surface area contributed by atoms with Gasteiger partial charge in [-0.2, -0.15) is 5.10 Å². The summed E-state index contributed by atoms with van der Waals surface area (Å²) in [5.74, 6) is 0. The minimum atomic E-state index is 0.289. The van der Waals surface area contributed by atoms with Gasteiger partial charge in [0.25, 0.3) is 0 Å². The zero-order chi connectivity index (χ0) is 12.3. The van der Waals surface area contributed by atoms with Gasteiger partial charge in [0.15, 0.2) is 0 Å². The Kier molecular flexibility index (Phi) is 3.54. The summed E-state index contributed by atoms with van der Waals surface area (Å²) in [5.41, 5.74) is 4.65. The molecule has 0 bridgehead atoms. The van der Waals surface area contributed by atoms with Crippen LogP contribution in [0.4, 0.5) is 0 Å². The van der Waals surface area contributed by atoms with Crippen LogP contribution in [0.2, 0.25) is 0 Å². The largest absolute Gasteiger partial charge is 0.306 e. The first kappa shape index (κ1) is 11.8. The minimum absolute atomic E-state index is 0.289. The van der Waals surface area contributed by atoms with E-state index in [9.17, 15) is 0 Å². The molecule has 4 nitrogen and oxygen atoms in total. The lowest BCUT2D eigenvalue weighted by molar-refractivity contribution is 0.570. The highest BCUT2D eigenvalue weighted by Crippen LogP contribution is 2.13. The standard InChI is InChI=1S/C13H18N4/c1-9(12-5-4-6-14-7-12)15-8-13-10(2)16-17-11(13)3/h4-7,9,15H,8H2,1-3H3,(H,16,17)/t9-/m1/s1. The van der Waals surface area contributed by atoms with Gasteiger partial charge in [-0.1, -0.05) is 6.07 Å². The molecule has 0 saturated heterocycles. The van der Waals surface area contributed by atoms with Crippen molar-refractivity contribution in [2.75, 3.05) is 0 Å². The SMILES string of the molecule is Cc1n[nH]c(C)c1CN[C@H](C)c1cccnc1. The molecule has 0 aliphatic rings. The number of aryl methyl sites for hydroxylation is 2. The number of aromatic amines is 1. The summed E-state index contributed by atoms with van der Waals surface area (Å²) in [6, 6.07) is 4.33. The second-order valence-corrected chi connectivity index (χ2v) is 4.30. The molecule has 4 heteroatoms. The van der Waals surface area contributed by atoms with Crippen LogP contribution >= 0.6 is 0 Å². The molecule has 0 saturated carbocycles. The third kappa shape index (κ3) is 2.71. The van der Waals surface area contributed by atoms with Gasteiger partial charge in [-0.05, 0) is 32.4 Å². The van der Waals surface area contributed by atoms with Gasteiger partial charge in [0, 0.05) is 36.2 Å². The summed E-state index contributed by atoms with van der Waals surface area (Å²) in [4.78, 5) is 4.13. The van der Waals surface area contributed by atoms with Crippen LogP contribution in [0.15, 0.2) is 24.5 Å². The fourth-order valence-corrected chi connectivity index (χ4v) is 1.84. The maximum absolute atomic E-state index is 4.19. The molecule has 1 atom stereocenters. The van der Waals surface area contributed by atoms with Crippen molar-refractivity contribution in [2.24, 2.45) is 0 Å². The van der Waals surface area contributed by atoms with Crippen LogP contribution in [0, 0.1) is 13.8 Å². The number of pyridine rings is 1. The fraction of sp³-hybridized carbons (Fsp3) is 0.385. The van der Waals surface area contributed by atoms with Crippen LogP contribution in [-0.4, -0.2) is 15.2 Å². The van der Waals surface area contributed by atoms with Crippen LogP contribution in [0.1, 0.15) is 35.5 Å². The Bertz CT molecular complexity index is 456. The van der Waals surface area contributed by atoms with Crippen LogP contribution in [-0.2, 0) is 6.54 Å². The number of nitrogens with one attached hydrogen (secondary N) is 2. The smallest absolute Gasteiger partial charge is 0.0638 e. The average molecular weight is 230 g/mol. The Morgan fingerprint density at radius 2 is 2.24 bits per heavy atom. The second-order valence-electron chi connectivity index (χ2n) is 4.30. The monoisotopic (exact) mass is 230 g/mol. The van der Waals surface area contributed by atoms with Gasteiger partial charge in [0.05, 0.1) is 5.69 Å². The van der Waals surface area contributed by atoms with E-state index in [0.29, 0.717) is 0 Å². The van der Waals surface area contributed by atoms with E-state index in [1.807, 2.05) is 26.1 Å². The summed E-state index contributed by atoms with van der Waals surface area (Å²) in [5, 5.41) is 10.7. The molecule has 2 N–H and O–H groups in total. The molecule has 2 heterocycles. The molecule has 0 fully saturated rings. The number of nitrogens with zero attached hydrogens (tertiary/aromatic N) is 2. The Hall–Kier alpha value is -1.68. The van der Waals surface area contributed by atoms with Crippen LogP contribution in [0.3, 0.4) is 0 Å². The highest BCUT2D eigenvalue weighted by atomic mass is 15.1. The fourth-order valence-electron chi connectivity index (χ4n) is 1.84. The zero-order valence-electron chi connectivity index (χ0n) is 10.5. The lowest BCUT2D eigenvalue weighted by Crippen LogP contribution is -2.18. The molecule has 2 rings (SSSR count). The van der Waals surface area contributed by atoms with E-state index in [0.717, 1.165) is 17.9 Å². The molecule has 2 aromatic heterocycles. The molecule has 90 valence electrons. The predicted molar refractivity (Wildman–Crippen MR) is 67.6 cm³/mol. The van der Waals surface area contributed by atoms with Crippen LogP contribution < -0.4 is 5.32 Å². The Labute approximate surface area is 101 Å². The zero-order valence-corrected chi connectivity index (χ0v) is 10.5. The van der Waals surface area contributed by atoms with Crippen LogP contribution in [0.5, 0.6) is 0 Å². The normalized spacial score (nSPS) is 12.6. The van der Waals surface area contributed by atoms with E-state index >= 15 is 0 Å². The lowest BCUT2D eigenvalue weighted by Gasteiger charge is -2.13. The van der Waals surface area contributed by atoms with Crippen molar-refractivity contribution in [3.05, 3.63) is 47.0 Å². The minimum Gasteiger partial charge on any atom is -0.306 e. The number of aromatic nitrogens is 3. The van der Waals surface area contributed by atoms with Crippen molar-refractivity contribution in [3.63, 3.8) is 0 Å². The second kappa shape index (κ2) is 5.10. The van der Waals surface area contributed by atoms with Crippen molar-refractivity contribution < 1.29 is 0 Å². The first-order chi connectivity index (χ1) is 8.18. The molecule has 0 aromatic carbocycles. The molecule has 0 aliphatic heterocycles. The first-order valence-corrected chi connectivity index (χ1v) is 5.82. The maximum Gasteiger partial charge on any atom is 0.0638 e. The quantitative estimate of drug-likeness (QED) is 0.847. The molecule has 0 aliphatic carbocycles. The van der Waals surface area contributed by atoms with Gasteiger partial charge in [0.1, 0.15) is 0 Å². The van der Waals surface area contributed by atoms with Gasteiger partial charge in [-0.15, -0.1) is 0 Å². The third-order valence-corrected chi connectivity index (χ3v) is 3.05. The molecular weight excluding hydrogens is 212 g/mol. The predicted octanol–water partition coefficient (Wildman–Crippen LogP) is 2.27. The van der Waals surface area contributed by atoms with Crippen molar-refractivity contribution in [1.29, 1.82) is 0 Å². The lowest BCUT2D eigenvalue weighted by atomic mass is 10.1. The Morgan fingerprint density at radius 3 is 2.82 bits per heavy atom. The number of H-pyrrole nitrogens is 1. The molecule has 0 radical (unpaired) electrons. The summed E-state index contributed by atoms with van der Waals surface area (Å²) >= 11 is 0. The van der Waals surface area contributed by atoms with E-state index in [4.69, 9.17) is 0 Å². The maximum atomic E-state index is 4.19. The van der Waals surface area contributed by atoms with E-state index < -0.39 is 0 Å². The van der Waals surface area contributed by atoms with Crippen LogP contribution in [0.25, 0.3) is 0 Å². The Morgan fingerprint density at radius 1 is 1.41 bits per heavy atom. The van der Waals surface area contributed by atoms with E-state index in [1.165, 1.54) is 11.1 Å². The van der Waals surface area contributed by atoms with Crippen molar-refractivity contribution >= 4 is 0 Å². The molecule has 0 unspecified atom stereocenters. The summed E-state index contributed by atoms with van der Waals surface area (Å²) in [7, 11) is 0. The van der Waals surface area contributed by atoms with E-state index in [1.54, 1.807) is 6.20 Å². The first-order valence-electron chi connectivity index (χ1n) is 5.82. The molecular formula is C13H18N4. The summed E-state index contributed by atoms with van der Waals surface area (Å²) in [6.45, 7) is 7.03. The molecule has 17 heavy (non-hydrogen) atoms. The number of hydrogen-bond donors (Lipinski definition) is 2. The highest BCUT2D eigenvalue weighted by molar-refractivity contribution is 5.23. The molecule has 2 aromatic rings. The molecule has 0 spiro atoms. The Balaban J connectivity index is 1.99. The topological polar surface area (TPSA) is 53.6 Å². The molecule has 0 amide bonds. The van der Waals surface area contributed by atoms with Gasteiger partial charge < -0.3 is 5.32 Å². The van der Waals surface area contributed by atoms with E-state index in [2.05, 4.69) is 33.5 Å². The van der Waals surface area contributed by atoms with Crippen molar-refractivity contribution in [1.82, 2.24) is 20.5 Å². The summed E-state index contributed by atoms with van der Waals surface area (Å²) in [6.07, 6.45) is 3.69. The van der Waals surface area contributed by atoms with E-state index in [-0.39, 0.29) is 6.04 Å². The summed E-state index contributed by atoms with van der Waals surface area (Å²) < 4.78 is 0. The average Bonchev–Trinajstić information content (AvgIpc) is 2.67. The van der Waals surface area contributed by atoms with Gasteiger partial charge in [-0.25, -0.2) is 0 Å². The van der Waals surface area contributed by atoms with Gasteiger partial charge >= 0.3 is 0 Å². The highest BCUT2D eigenvalue weighted by Gasteiger charge is 2.09. The van der Waals surface area contributed by atoms with Gasteiger partial charge in [0.2, 0.25) is 0 Å². The number of rotatable bonds is 4.